The predicted molar refractivity (Wildman–Crippen MR) is 98.2 cm³/mol. The molecule has 1 heterocycles. The van der Waals surface area contributed by atoms with Crippen molar-refractivity contribution >= 4 is 33.4 Å². The predicted octanol–water partition coefficient (Wildman–Crippen LogP) is 4.69. The van der Waals surface area contributed by atoms with Gasteiger partial charge in [-0.2, -0.15) is 13.2 Å². The molecule has 0 radical (unpaired) electrons. The van der Waals surface area contributed by atoms with Crippen molar-refractivity contribution in [3.63, 3.8) is 0 Å². The molecule has 2 aromatic carbocycles. The Morgan fingerprint density at radius 2 is 1.89 bits per heavy atom. The summed E-state index contributed by atoms with van der Waals surface area (Å²) in [6.45, 7) is 0.373. The number of benzene rings is 2. The third kappa shape index (κ3) is 4.32. The Hall–Kier alpha value is -2.35. The molecular weight excluding hydrogens is 425 g/mol. The summed E-state index contributed by atoms with van der Waals surface area (Å²) in [5.41, 5.74) is -0.454. The summed E-state index contributed by atoms with van der Waals surface area (Å²) in [6.07, 6.45) is -3.49. The van der Waals surface area contributed by atoms with E-state index in [4.69, 9.17) is 0 Å². The first-order chi connectivity index (χ1) is 12.8. The molecule has 3 rings (SSSR count). The fourth-order valence-corrected chi connectivity index (χ4v) is 3.37. The van der Waals surface area contributed by atoms with Crippen LogP contribution in [-0.2, 0) is 11.0 Å². The largest absolute Gasteiger partial charge is 0.416 e. The van der Waals surface area contributed by atoms with Gasteiger partial charge in [0, 0.05) is 23.1 Å². The van der Waals surface area contributed by atoms with Gasteiger partial charge in [0.15, 0.2) is 0 Å². The fraction of sp³-hybridized carbons (Fsp3) is 0.263. The summed E-state index contributed by atoms with van der Waals surface area (Å²) in [4.78, 5) is 27.8. The van der Waals surface area contributed by atoms with Crippen LogP contribution in [0.15, 0.2) is 53.0 Å². The number of carbonyl (C=O) groups is 2. The third-order valence-corrected chi connectivity index (χ3v) is 5.01. The monoisotopic (exact) mass is 440 g/mol. The minimum Gasteiger partial charge on any atom is -0.324 e. The summed E-state index contributed by atoms with van der Waals surface area (Å²) in [7, 11) is 0. The molecule has 0 bridgehead atoms. The molecular formula is C19H16BrF3N2O2. The molecule has 2 amide bonds. The van der Waals surface area contributed by atoms with Crippen LogP contribution in [0.2, 0.25) is 0 Å². The van der Waals surface area contributed by atoms with Gasteiger partial charge in [-0.3, -0.25) is 14.5 Å². The van der Waals surface area contributed by atoms with E-state index in [0.29, 0.717) is 29.4 Å². The van der Waals surface area contributed by atoms with Crippen molar-refractivity contribution in [3.05, 3.63) is 64.1 Å². The van der Waals surface area contributed by atoms with E-state index in [0.717, 1.165) is 12.1 Å². The lowest BCUT2D eigenvalue weighted by molar-refractivity contribution is -0.137. The average Bonchev–Trinajstić information content (AvgIpc) is 3.04. The molecule has 0 aliphatic carbocycles. The Morgan fingerprint density at radius 3 is 2.52 bits per heavy atom. The Balaban J connectivity index is 2.01. The molecule has 4 nitrogen and oxygen atoms in total. The second-order valence-corrected chi connectivity index (χ2v) is 7.02. The van der Waals surface area contributed by atoms with Crippen molar-refractivity contribution in [2.75, 3.05) is 18.1 Å². The van der Waals surface area contributed by atoms with Crippen LogP contribution in [0.1, 0.15) is 28.8 Å². The number of hydrogen-bond donors (Lipinski definition) is 0. The Bertz CT molecular complexity index is 870. The molecule has 8 heteroatoms. The number of rotatable bonds is 4. The Morgan fingerprint density at radius 1 is 1.15 bits per heavy atom. The van der Waals surface area contributed by atoms with Crippen LogP contribution in [0.5, 0.6) is 0 Å². The second kappa shape index (κ2) is 7.72. The van der Waals surface area contributed by atoms with Gasteiger partial charge in [-0.25, -0.2) is 0 Å². The molecule has 0 saturated carbocycles. The first kappa shape index (κ1) is 19.4. The van der Waals surface area contributed by atoms with Gasteiger partial charge in [-0.1, -0.05) is 18.2 Å². The van der Waals surface area contributed by atoms with Crippen molar-refractivity contribution in [3.8, 4) is 0 Å². The van der Waals surface area contributed by atoms with E-state index in [9.17, 15) is 22.8 Å². The highest BCUT2D eigenvalue weighted by molar-refractivity contribution is 9.10. The summed E-state index contributed by atoms with van der Waals surface area (Å²) in [6, 6.07) is 11.2. The lowest BCUT2D eigenvalue weighted by Gasteiger charge is -2.29. The molecule has 2 aromatic rings. The quantitative estimate of drug-likeness (QED) is 0.691. The van der Waals surface area contributed by atoms with Crippen molar-refractivity contribution < 1.29 is 22.8 Å². The number of alkyl halides is 3. The van der Waals surface area contributed by atoms with Crippen LogP contribution < -0.4 is 4.90 Å². The minimum absolute atomic E-state index is 0.0882. The standard InChI is InChI=1S/C19H16BrF3N2O2/c20-16-8-2-1-7-15(16)18(27)25(12-24-10-4-9-17(24)26)14-6-3-5-13(11-14)19(21,22)23/h1-3,5-8,11H,4,9-10,12H2. The maximum absolute atomic E-state index is 13.1. The van der Waals surface area contributed by atoms with Crippen molar-refractivity contribution in [1.29, 1.82) is 0 Å². The highest BCUT2D eigenvalue weighted by Gasteiger charge is 2.32. The molecule has 1 aliphatic rings. The van der Waals surface area contributed by atoms with E-state index in [-0.39, 0.29) is 18.3 Å². The second-order valence-electron chi connectivity index (χ2n) is 6.16. The van der Waals surface area contributed by atoms with Crippen LogP contribution in [0.4, 0.5) is 18.9 Å². The first-order valence-corrected chi connectivity index (χ1v) is 9.08. The molecule has 1 aliphatic heterocycles. The van der Waals surface area contributed by atoms with Crippen LogP contribution in [0, 0.1) is 0 Å². The molecule has 0 spiro atoms. The first-order valence-electron chi connectivity index (χ1n) is 8.29. The van der Waals surface area contributed by atoms with E-state index in [2.05, 4.69) is 15.9 Å². The summed E-state index contributed by atoms with van der Waals surface area (Å²) < 4.78 is 39.9. The average molecular weight is 441 g/mol. The van der Waals surface area contributed by atoms with E-state index >= 15 is 0 Å². The molecule has 0 aromatic heterocycles. The lowest BCUT2D eigenvalue weighted by atomic mass is 10.1. The third-order valence-electron chi connectivity index (χ3n) is 4.32. The Labute approximate surface area is 162 Å². The van der Waals surface area contributed by atoms with Gasteiger partial charge in [0.2, 0.25) is 5.91 Å². The minimum atomic E-state index is -4.53. The van der Waals surface area contributed by atoms with E-state index < -0.39 is 17.6 Å². The normalized spacial score (nSPS) is 14.5. The van der Waals surface area contributed by atoms with E-state index in [1.807, 2.05) is 0 Å². The number of halogens is 4. The fourth-order valence-electron chi connectivity index (χ4n) is 2.92. The number of carbonyl (C=O) groups excluding carboxylic acids is 2. The summed E-state index contributed by atoms with van der Waals surface area (Å²) in [5, 5.41) is 0. The SMILES string of the molecule is O=C1CCCN1CN(C(=O)c1ccccc1Br)c1cccc(C(F)(F)F)c1. The highest BCUT2D eigenvalue weighted by atomic mass is 79.9. The van der Waals surface area contributed by atoms with Crippen LogP contribution in [-0.4, -0.2) is 29.9 Å². The lowest BCUT2D eigenvalue weighted by Crippen LogP contribution is -2.42. The Kier molecular flexibility index (Phi) is 5.55. The van der Waals surface area contributed by atoms with E-state index in [1.165, 1.54) is 21.9 Å². The van der Waals surface area contributed by atoms with Crippen LogP contribution in [0.25, 0.3) is 0 Å². The molecule has 0 N–H and O–H groups in total. The van der Waals surface area contributed by atoms with E-state index in [1.54, 1.807) is 24.3 Å². The maximum atomic E-state index is 13.1. The molecule has 1 fully saturated rings. The van der Waals surface area contributed by atoms with Gasteiger partial charge in [-0.05, 0) is 52.7 Å². The number of likely N-dealkylation sites (tertiary alicyclic amines) is 1. The van der Waals surface area contributed by atoms with Crippen LogP contribution in [0.3, 0.4) is 0 Å². The smallest absolute Gasteiger partial charge is 0.324 e. The highest BCUT2D eigenvalue weighted by Crippen LogP contribution is 2.32. The van der Waals surface area contributed by atoms with Gasteiger partial charge in [-0.15, -0.1) is 0 Å². The van der Waals surface area contributed by atoms with Gasteiger partial charge >= 0.3 is 6.18 Å². The van der Waals surface area contributed by atoms with Gasteiger partial charge in [0.1, 0.15) is 6.67 Å². The van der Waals surface area contributed by atoms with Gasteiger partial charge in [0.25, 0.3) is 5.91 Å². The molecule has 27 heavy (non-hydrogen) atoms. The van der Waals surface area contributed by atoms with Gasteiger partial charge < -0.3 is 4.90 Å². The van der Waals surface area contributed by atoms with Crippen LogP contribution >= 0.6 is 15.9 Å². The van der Waals surface area contributed by atoms with Crippen molar-refractivity contribution in [2.24, 2.45) is 0 Å². The van der Waals surface area contributed by atoms with Crippen molar-refractivity contribution in [2.45, 2.75) is 19.0 Å². The summed E-state index contributed by atoms with van der Waals surface area (Å²) in [5.74, 6) is -0.603. The maximum Gasteiger partial charge on any atom is 0.416 e. The zero-order valence-corrected chi connectivity index (χ0v) is 15.8. The molecule has 142 valence electrons. The summed E-state index contributed by atoms with van der Waals surface area (Å²) >= 11 is 3.30. The number of hydrogen-bond acceptors (Lipinski definition) is 2. The van der Waals surface area contributed by atoms with Gasteiger partial charge in [0.05, 0.1) is 11.1 Å². The molecule has 0 atom stereocenters. The topological polar surface area (TPSA) is 40.6 Å². The zero-order chi connectivity index (χ0) is 19.6. The number of nitrogens with zero attached hydrogens (tertiary/aromatic N) is 2. The molecule has 0 unspecified atom stereocenters. The van der Waals surface area contributed by atoms with Crippen molar-refractivity contribution in [1.82, 2.24) is 4.90 Å². The number of amides is 2. The number of anilines is 1. The zero-order valence-electron chi connectivity index (χ0n) is 14.2. The molecule has 1 saturated heterocycles.